The van der Waals surface area contributed by atoms with Crippen molar-refractivity contribution in [3.63, 3.8) is 0 Å². The second kappa shape index (κ2) is 7.73. The Morgan fingerprint density at radius 2 is 1.46 bits per heavy atom. The van der Waals surface area contributed by atoms with Crippen LogP contribution < -0.4 is 10.0 Å². The van der Waals surface area contributed by atoms with Crippen molar-refractivity contribution in [3.05, 3.63) is 89.7 Å². The predicted molar refractivity (Wildman–Crippen MR) is 98.0 cm³/mol. The number of amides is 1. The molecule has 0 aliphatic carbocycles. The molecule has 3 aromatic carbocycles. The number of hydrogen-bond acceptors (Lipinski definition) is 3. The summed E-state index contributed by atoms with van der Waals surface area (Å²) in [5.41, 5.74) is -0.0703. The van der Waals surface area contributed by atoms with Gasteiger partial charge in [0.15, 0.2) is 11.6 Å². The summed E-state index contributed by atoms with van der Waals surface area (Å²) in [5.74, 6) is -3.53. The molecule has 0 heterocycles. The highest BCUT2D eigenvalue weighted by molar-refractivity contribution is 7.92. The largest absolute Gasteiger partial charge is 0.322 e. The first-order chi connectivity index (χ1) is 13.3. The number of carbonyl (C=O) groups is 1. The third-order valence-electron chi connectivity index (χ3n) is 3.72. The molecule has 3 aromatic rings. The van der Waals surface area contributed by atoms with Gasteiger partial charge < -0.3 is 5.32 Å². The minimum absolute atomic E-state index is 0.0433. The Morgan fingerprint density at radius 1 is 0.786 bits per heavy atom. The number of halogens is 3. The van der Waals surface area contributed by atoms with Crippen LogP contribution in [0.2, 0.25) is 0 Å². The number of carbonyl (C=O) groups excluding carboxylic acids is 1. The van der Waals surface area contributed by atoms with Crippen LogP contribution in [-0.2, 0) is 10.0 Å². The van der Waals surface area contributed by atoms with Gasteiger partial charge in [0, 0.05) is 17.3 Å². The number of benzene rings is 3. The lowest BCUT2D eigenvalue weighted by Gasteiger charge is -2.10. The van der Waals surface area contributed by atoms with Crippen LogP contribution in [0.4, 0.5) is 24.5 Å². The van der Waals surface area contributed by atoms with E-state index in [1.165, 1.54) is 48.5 Å². The highest BCUT2D eigenvalue weighted by atomic mass is 32.2. The SMILES string of the molecule is O=C(Nc1ccc(F)c(F)c1)c1ccc(S(=O)(=O)Nc2ccccc2F)cc1. The van der Waals surface area contributed by atoms with Crippen molar-refractivity contribution in [2.24, 2.45) is 0 Å². The summed E-state index contributed by atoms with van der Waals surface area (Å²) < 4.78 is 66.6. The molecule has 0 spiro atoms. The standard InChI is InChI=1S/C19H13F3N2O3S/c20-15-10-7-13(11-17(15)22)23-19(25)12-5-8-14(9-6-12)28(26,27)24-18-4-2-1-3-16(18)21/h1-11,24H,(H,23,25). The van der Waals surface area contributed by atoms with E-state index in [1.807, 2.05) is 0 Å². The fourth-order valence-electron chi connectivity index (χ4n) is 2.31. The van der Waals surface area contributed by atoms with E-state index in [0.29, 0.717) is 0 Å². The zero-order chi connectivity index (χ0) is 20.3. The molecule has 3 rings (SSSR count). The average Bonchev–Trinajstić information content (AvgIpc) is 2.66. The molecule has 9 heteroatoms. The van der Waals surface area contributed by atoms with Gasteiger partial charge in [-0.15, -0.1) is 0 Å². The van der Waals surface area contributed by atoms with Crippen molar-refractivity contribution in [2.45, 2.75) is 4.90 Å². The van der Waals surface area contributed by atoms with Crippen molar-refractivity contribution in [2.75, 3.05) is 10.0 Å². The lowest BCUT2D eigenvalue weighted by atomic mass is 10.2. The topological polar surface area (TPSA) is 75.3 Å². The lowest BCUT2D eigenvalue weighted by molar-refractivity contribution is 0.102. The lowest BCUT2D eigenvalue weighted by Crippen LogP contribution is -2.15. The molecule has 0 unspecified atom stereocenters. The quantitative estimate of drug-likeness (QED) is 0.668. The minimum atomic E-state index is -4.06. The van der Waals surface area contributed by atoms with Crippen molar-refractivity contribution in [3.8, 4) is 0 Å². The van der Waals surface area contributed by atoms with Gasteiger partial charge in [0.25, 0.3) is 15.9 Å². The number of para-hydroxylation sites is 1. The summed E-state index contributed by atoms with van der Waals surface area (Å²) in [6.07, 6.45) is 0. The fourth-order valence-corrected chi connectivity index (χ4v) is 3.38. The third kappa shape index (κ3) is 4.32. The molecule has 1 amide bonds. The highest BCUT2D eigenvalue weighted by Crippen LogP contribution is 2.20. The van der Waals surface area contributed by atoms with Crippen LogP contribution in [0.15, 0.2) is 71.6 Å². The molecule has 0 radical (unpaired) electrons. The monoisotopic (exact) mass is 406 g/mol. The van der Waals surface area contributed by atoms with Crippen LogP contribution in [-0.4, -0.2) is 14.3 Å². The molecular formula is C19H13F3N2O3S. The maximum absolute atomic E-state index is 13.6. The van der Waals surface area contributed by atoms with Gasteiger partial charge in [-0.25, -0.2) is 21.6 Å². The van der Waals surface area contributed by atoms with E-state index >= 15 is 0 Å². The van der Waals surface area contributed by atoms with Gasteiger partial charge in [-0.05, 0) is 48.5 Å². The van der Waals surface area contributed by atoms with E-state index in [2.05, 4.69) is 10.0 Å². The van der Waals surface area contributed by atoms with E-state index in [4.69, 9.17) is 0 Å². The normalized spacial score (nSPS) is 11.1. The number of anilines is 2. The van der Waals surface area contributed by atoms with Crippen LogP contribution in [0.3, 0.4) is 0 Å². The van der Waals surface area contributed by atoms with Crippen molar-refractivity contribution in [1.82, 2.24) is 0 Å². The molecule has 2 N–H and O–H groups in total. The Labute approximate surface area is 158 Å². The molecule has 144 valence electrons. The Bertz CT molecular complexity index is 1130. The second-order valence-electron chi connectivity index (χ2n) is 5.69. The van der Waals surface area contributed by atoms with Crippen molar-refractivity contribution in [1.29, 1.82) is 0 Å². The number of hydrogen-bond donors (Lipinski definition) is 2. The summed E-state index contributed by atoms with van der Waals surface area (Å²) in [4.78, 5) is 12.0. The summed E-state index contributed by atoms with van der Waals surface area (Å²) in [5, 5.41) is 2.37. The van der Waals surface area contributed by atoms with Gasteiger partial charge in [0.1, 0.15) is 5.82 Å². The summed E-state index contributed by atoms with van der Waals surface area (Å²) >= 11 is 0. The van der Waals surface area contributed by atoms with Gasteiger partial charge >= 0.3 is 0 Å². The smallest absolute Gasteiger partial charge is 0.261 e. The number of sulfonamides is 1. The summed E-state index contributed by atoms with van der Waals surface area (Å²) in [6.45, 7) is 0. The summed E-state index contributed by atoms with van der Waals surface area (Å²) in [6, 6.07) is 13.0. The molecular weight excluding hydrogens is 393 g/mol. The third-order valence-corrected chi connectivity index (χ3v) is 5.10. The second-order valence-corrected chi connectivity index (χ2v) is 7.38. The Balaban J connectivity index is 1.76. The van der Waals surface area contributed by atoms with E-state index in [-0.39, 0.29) is 21.8 Å². The Hall–Kier alpha value is -3.33. The zero-order valence-corrected chi connectivity index (χ0v) is 14.9. The maximum atomic E-state index is 13.6. The van der Waals surface area contributed by atoms with Crippen LogP contribution in [0.1, 0.15) is 10.4 Å². The Kier molecular flexibility index (Phi) is 5.36. The van der Waals surface area contributed by atoms with E-state index in [0.717, 1.165) is 18.2 Å². The number of nitrogens with one attached hydrogen (secondary N) is 2. The zero-order valence-electron chi connectivity index (χ0n) is 14.1. The summed E-state index contributed by atoms with van der Waals surface area (Å²) in [7, 11) is -4.06. The molecule has 0 fully saturated rings. The van der Waals surface area contributed by atoms with Crippen molar-refractivity contribution >= 4 is 27.3 Å². The first-order valence-electron chi connectivity index (χ1n) is 7.90. The van der Waals surface area contributed by atoms with Crippen molar-refractivity contribution < 1.29 is 26.4 Å². The van der Waals surface area contributed by atoms with E-state index < -0.39 is 33.4 Å². The van der Waals surface area contributed by atoms with Gasteiger partial charge in [0.05, 0.1) is 10.6 Å². The van der Waals surface area contributed by atoms with Gasteiger partial charge in [0.2, 0.25) is 0 Å². The minimum Gasteiger partial charge on any atom is -0.322 e. The predicted octanol–water partition coefficient (Wildman–Crippen LogP) is 4.16. The molecule has 0 saturated heterocycles. The first kappa shape index (κ1) is 19.4. The highest BCUT2D eigenvalue weighted by Gasteiger charge is 2.17. The Morgan fingerprint density at radius 3 is 2.11 bits per heavy atom. The molecule has 0 atom stereocenters. The molecule has 0 saturated carbocycles. The maximum Gasteiger partial charge on any atom is 0.261 e. The first-order valence-corrected chi connectivity index (χ1v) is 9.38. The van der Waals surface area contributed by atoms with E-state index in [9.17, 15) is 26.4 Å². The molecule has 0 aliphatic rings. The molecule has 0 bridgehead atoms. The molecule has 0 aliphatic heterocycles. The van der Waals surface area contributed by atoms with E-state index in [1.54, 1.807) is 0 Å². The van der Waals surface area contributed by atoms with Crippen LogP contribution >= 0.6 is 0 Å². The molecule has 0 aromatic heterocycles. The van der Waals surface area contributed by atoms with Gasteiger partial charge in [-0.3, -0.25) is 9.52 Å². The van der Waals surface area contributed by atoms with Crippen LogP contribution in [0.5, 0.6) is 0 Å². The van der Waals surface area contributed by atoms with Gasteiger partial charge in [-0.1, -0.05) is 12.1 Å². The average molecular weight is 406 g/mol. The van der Waals surface area contributed by atoms with Gasteiger partial charge in [-0.2, -0.15) is 0 Å². The van der Waals surface area contributed by atoms with Crippen LogP contribution in [0, 0.1) is 17.5 Å². The fraction of sp³-hybridized carbons (Fsp3) is 0. The van der Waals surface area contributed by atoms with Crippen LogP contribution in [0.25, 0.3) is 0 Å². The number of rotatable bonds is 5. The molecule has 5 nitrogen and oxygen atoms in total. The molecule has 28 heavy (non-hydrogen) atoms.